The summed E-state index contributed by atoms with van der Waals surface area (Å²) in [6.07, 6.45) is 11.8. The summed E-state index contributed by atoms with van der Waals surface area (Å²) in [7, 11) is 0. The second-order valence-corrected chi connectivity index (χ2v) is 11.2. The van der Waals surface area contributed by atoms with Crippen LogP contribution in [0.5, 0.6) is 0 Å². The van der Waals surface area contributed by atoms with E-state index in [9.17, 15) is 0 Å². The number of imidazole rings is 1. The predicted octanol–water partition coefficient (Wildman–Crippen LogP) is 7.49. The number of aromatic nitrogens is 5. The minimum atomic E-state index is -0.111. The second kappa shape index (κ2) is 9.18. The maximum absolute atomic E-state index is 6.44. The SMILES string of the molecule is CC1CCC(Cn2c(C3(c4ccccc4)CCC3)nc3nc(Cl)nc(-c4cncc(Cl)c4)c32)CC1. The van der Waals surface area contributed by atoms with Gasteiger partial charge < -0.3 is 4.57 Å². The van der Waals surface area contributed by atoms with Crippen molar-refractivity contribution in [3.63, 3.8) is 0 Å². The van der Waals surface area contributed by atoms with E-state index in [4.69, 9.17) is 28.2 Å². The molecule has 35 heavy (non-hydrogen) atoms. The summed E-state index contributed by atoms with van der Waals surface area (Å²) < 4.78 is 2.43. The summed E-state index contributed by atoms with van der Waals surface area (Å²) in [4.78, 5) is 18.8. The van der Waals surface area contributed by atoms with E-state index in [1.165, 1.54) is 37.7 Å². The van der Waals surface area contributed by atoms with Gasteiger partial charge in [-0.1, -0.05) is 68.1 Å². The van der Waals surface area contributed by atoms with Crippen molar-refractivity contribution in [1.29, 1.82) is 0 Å². The van der Waals surface area contributed by atoms with Crippen molar-refractivity contribution < 1.29 is 0 Å². The zero-order valence-corrected chi connectivity index (χ0v) is 21.4. The lowest BCUT2D eigenvalue weighted by Crippen LogP contribution is -2.39. The number of hydrogen-bond acceptors (Lipinski definition) is 4. The maximum Gasteiger partial charge on any atom is 0.225 e. The van der Waals surface area contributed by atoms with E-state index < -0.39 is 0 Å². The Kier molecular flexibility index (Phi) is 6.01. The predicted molar refractivity (Wildman–Crippen MR) is 141 cm³/mol. The summed E-state index contributed by atoms with van der Waals surface area (Å²) in [6.45, 7) is 3.28. The zero-order chi connectivity index (χ0) is 24.0. The van der Waals surface area contributed by atoms with Gasteiger partial charge in [0.15, 0.2) is 5.65 Å². The highest BCUT2D eigenvalue weighted by Gasteiger charge is 2.45. The highest BCUT2D eigenvalue weighted by Crippen LogP contribution is 2.50. The Bertz CT molecular complexity index is 1350. The molecule has 4 aromatic rings. The number of halogens is 2. The first kappa shape index (κ1) is 22.9. The second-order valence-electron chi connectivity index (χ2n) is 10.4. The van der Waals surface area contributed by atoms with Crippen molar-refractivity contribution in [3.05, 3.63) is 70.5 Å². The number of hydrogen-bond donors (Lipinski definition) is 0. The molecule has 0 amide bonds. The molecule has 2 saturated carbocycles. The van der Waals surface area contributed by atoms with Crippen LogP contribution in [0.3, 0.4) is 0 Å². The Morgan fingerprint density at radius 3 is 2.43 bits per heavy atom. The molecule has 1 aromatic carbocycles. The lowest BCUT2D eigenvalue weighted by Gasteiger charge is -2.42. The normalized spacial score (nSPS) is 21.7. The Morgan fingerprint density at radius 2 is 1.74 bits per heavy atom. The molecular weight excluding hydrogens is 477 g/mol. The van der Waals surface area contributed by atoms with Gasteiger partial charge in [-0.05, 0) is 60.7 Å². The molecule has 5 nitrogen and oxygen atoms in total. The number of benzene rings is 1. The third kappa shape index (κ3) is 4.13. The minimum Gasteiger partial charge on any atom is -0.324 e. The molecule has 0 radical (unpaired) electrons. The third-order valence-electron chi connectivity index (χ3n) is 8.09. The molecule has 0 spiro atoms. The van der Waals surface area contributed by atoms with E-state index in [1.807, 2.05) is 6.07 Å². The van der Waals surface area contributed by atoms with E-state index in [0.717, 1.165) is 47.9 Å². The van der Waals surface area contributed by atoms with Gasteiger partial charge in [0, 0.05) is 24.5 Å². The minimum absolute atomic E-state index is 0.111. The summed E-state index contributed by atoms with van der Waals surface area (Å²) in [5.74, 6) is 2.51. The van der Waals surface area contributed by atoms with Crippen molar-refractivity contribution >= 4 is 34.4 Å². The van der Waals surface area contributed by atoms with Crippen LogP contribution in [0.25, 0.3) is 22.4 Å². The highest BCUT2D eigenvalue weighted by molar-refractivity contribution is 6.30. The molecular formula is C28H29Cl2N5. The molecule has 0 N–H and O–H groups in total. The van der Waals surface area contributed by atoms with Crippen LogP contribution in [0.4, 0.5) is 0 Å². The highest BCUT2D eigenvalue weighted by atomic mass is 35.5. The van der Waals surface area contributed by atoms with Crippen molar-refractivity contribution in [2.75, 3.05) is 0 Å². The molecule has 6 rings (SSSR count). The molecule has 3 heterocycles. The number of pyridine rings is 1. The Balaban J connectivity index is 1.58. The molecule has 0 bridgehead atoms. The number of fused-ring (bicyclic) bond motifs is 1. The van der Waals surface area contributed by atoms with E-state index in [0.29, 0.717) is 16.6 Å². The van der Waals surface area contributed by atoms with Crippen molar-refractivity contribution in [3.8, 4) is 11.3 Å². The largest absolute Gasteiger partial charge is 0.324 e. The van der Waals surface area contributed by atoms with E-state index in [2.05, 4.69) is 56.8 Å². The monoisotopic (exact) mass is 505 g/mol. The van der Waals surface area contributed by atoms with Crippen LogP contribution in [-0.4, -0.2) is 24.5 Å². The fourth-order valence-electron chi connectivity index (χ4n) is 5.99. The molecule has 2 aliphatic carbocycles. The Labute approximate surface area is 215 Å². The third-order valence-corrected chi connectivity index (χ3v) is 8.47. The van der Waals surface area contributed by atoms with Gasteiger partial charge in [-0.3, -0.25) is 4.98 Å². The van der Waals surface area contributed by atoms with Crippen LogP contribution in [0.1, 0.15) is 63.3 Å². The average Bonchev–Trinajstić information content (AvgIpc) is 3.18. The molecule has 0 unspecified atom stereocenters. The van der Waals surface area contributed by atoms with E-state index >= 15 is 0 Å². The van der Waals surface area contributed by atoms with Crippen molar-refractivity contribution in [2.24, 2.45) is 11.8 Å². The first-order valence-corrected chi connectivity index (χ1v) is 13.4. The van der Waals surface area contributed by atoms with Gasteiger partial charge in [0.1, 0.15) is 17.0 Å². The molecule has 180 valence electrons. The fourth-order valence-corrected chi connectivity index (χ4v) is 6.33. The van der Waals surface area contributed by atoms with Crippen molar-refractivity contribution in [2.45, 2.75) is 63.8 Å². The summed E-state index contributed by atoms with van der Waals surface area (Å²) in [5, 5.41) is 0.759. The van der Waals surface area contributed by atoms with Crippen LogP contribution in [0.15, 0.2) is 48.8 Å². The lowest BCUT2D eigenvalue weighted by molar-refractivity contribution is 0.242. The van der Waals surface area contributed by atoms with Gasteiger partial charge in [-0.2, -0.15) is 4.98 Å². The molecule has 0 atom stereocenters. The number of rotatable bonds is 5. The van der Waals surface area contributed by atoms with Gasteiger partial charge in [-0.15, -0.1) is 0 Å². The first-order valence-electron chi connectivity index (χ1n) is 12.6. The maximum atomic E-state index is 6.44. The summed E-state index contributed by atoms with van der Waals surface area (Å²) in [5.41, 5.74) is 4.39. The zero-order valence-electron chi connectivity index (χ0n) is 19.9. The van der Waals surface area contributed by atoms with Crippen LogP contribution in [-0.2, 0) is 12.0 Å². The number of nitrogens with zero attached hydrogens (tertiary/aromatic N) is 5. The lowest BCUT2D eigenvalue weighted by atomic mass is 9.63. The average molecular weight is 506 g/mol. The molecule has 0 aliphatic heterocycles. The van der Waals surface area contributed by atoms with Crippen LogP contribution < -0.4 is 0 Å². The Morgan fingerprint density at radius 1 is 0.971 bits per heavy atom. The van der Waals surface area contributed by atoms with E-state index in [1.54, 1.807) is 12.4 Å². The Hall–Kier alpha value is -2.50. The molecule has 3 aromatic heterocycles. The van der Waals surface area contributed by atoms with Gasteiger partial charge in [-0.25, -0.2) is 9.97 Å². The topological polar surface area (TPSA) is 56.5 Å². The van der Waals surface area contributed by atoms with Gasteiger partial charge >= 0.3 is 0 Å². The van der Waals surface area contributed by atoms with Crippen molar-refractivity contribution in [1.82, 2.24) is 24.5 Å². The van der Waals surface area contributed by atoms with Crippen LogP contribution in [0.2, 0.25) is 10.3 Å². The fraction of sp³-hybridized carbons (Fsp3) is 0.429. The van der Waals surface area contributed by atoms with Crippen LogP contribution in [0, 0.1) is 11.8 Å². The molecule has 2 aliphatic rings. The summed E-state index contributed by atoms with van der Waals surface area (Å²) in [6, 6.07) is 12.7. The van der Waals surface area contributed by atoms with Crippen LogP contribution >= 0.6 is 23.2 Å². The standard InChI is InChI=1S/C28H29Cl2N5/c1-18-8-10-19(11-9-18)17-35-24-23(20-14-22(29)16-31-15-20)32-27(30)34-25(24)33-26(35)28(12-5-13-28)21-6-3-2-4-7-21/h2-4,6-7,14-16,18-19H,5,8-13,17H2,1H3. The molecule has 0 saturated heterocycles. The van der Waals surface area contributed by atoms with Gasteiger partial charge in [0.2, 0.25) is 5.28 Å². The van der Waals surface area contributed by atoms with Gasteiger partial charge in [0.25, 0.3) is 0 Å². The van der Waals surface area contributed by atoms with Gasteiger partial charge in [0.05, 0.1) is 10.4 Å². The molecule has 2 fully saturated rings. The summed E-state index contributed by atoms with van der Waals surface area (Å²) >= 11 is 12.8. The quantitative estimate of drug-likeness (QED) is 0.263. The molecule has 7 heteroatoms. The smallest absolute Gasteiger partial charge is 0.225 e. The first-order chi connectivity index (χ1) is 17.0. The van der Waals surface area contributed by atoms with E-state index in [-0.39, 0.29) is 10.7 Å².